The molecule has 8 nitrogen and oxygen atoms in total. The first-order valence-electron chi connectivity index (χ1n) is 8.96. The first-order chi connectivity index (χ1) is 12.9. The van der Waals surface area contributed by atoms with E-state index in [2.05, 4.69) is 5.16 Å². The molecule has 0 saturated heterocycles. The summed E-state index contributed by atoms with van der Waals surface area (Å²) in [6, 6.07) is 3.72. The molecule has 0 radical (unpaired) electrons. The van der Waals surface area contributed by atoms with Crippen molar-refractivity contribution in [1.82, 2.24) is 0 Å². The van der Waals surface area contributed by atoms with Crippen LogP contribution in [-0.2, 0) is 30.5 Å². The smallest absolute Gasteiger partial charge is 0.381 e. The Balaban J connectivity index is 1.62. The maximum absolute atomic E-state index is 12.5. The Morgan fingerprint density at radius 1 is 1.19 bits per heavy atom. The van der Waals surface area contributed by atoms with Gasteiger partial charge < -0.3 is 14.5 Å². The number of ether oxygens (including phenoxy) is 1. The zero-order chi connectivity index (χ0) is 19.6. The SMILES string of the molecule is COC1CCC2C(=O)C(=NOC(=O)C[n+]3ccc(N(C)C)cc3)C(=O)C2C1. The van der Waals surface area contributed by atoms with Gasteiger partial charge in [-0.3, -0.25) is 9.59 Å². The fourth-order valence-corrected chi connectivity index (χ4v) is 3.64. The van der Waals surface area contributed by atoms with Crippen LogP contribution in [-0.4, -0.2) is 50.6 Å². The average molecular weight is 374 g/mol. The van der Waals surface area contributed by atoms with Gasteiger partial charge in [0.05, 0.1) is 6.10 Å². The largest absolute Gasteiger partial charge is 0.399 e. The molecule has 0 N–H and O–H groups in total. The third kappa shape index (κ3) is 4.05. The summed E-state index contributed by atoms with van der Waals surface area (Å²) in [6.45, 7) is -0.0640. The third-order valence-corrected chi connectivity index (χ3v) is 5.22. The monoisotopic (exact) mass is 374 g/mol. The summed E-state index contributed by atoms with van der Waals surface area (Å²) in [4.78, 5) is 43.7. The van der Waals surface area contributed by atoms with Gasteiger partial charge in [0.2, 0.25) is 6.54 Å². The Morgan fingerprint density at radius 3 is 2.48 bits per heavy atom. The van der Waals surface area contributed by atoms with Crippen LogP contribution in [0.15, 0.2) is 29.7 Å². The van der Waals surface area contributed by atoms with Gasteiger partial charge >= 0.3 is 5.97 Å². The van der Waals surface area contributed by atoms with Crippen LogP contribution in [0.25, 0.3) is 0 Å². The van der Waals surface area contributed by atoms with Crippen LogP contribution in [0.2, 0.25) is 0 Å². The quantitative estimate of drug-likeness (QED) is 0.424. The Kier molecular flexibility index (Phi) is 5.65. The molecule has 8 heteroatoms. The van der Waals surface area contributed by atoms with E-state index >= 15 is 0 Å². The highest BCUT2D eigenvalue weighted by Gasteiger charge is 2.50. The summed E-state index contributed by atoms with van der Waals surface area (Å²) >= 11 is 0. The highest BCUT2D eigenvalue weighted by molar-refractivity contribution is 6.70. The van der Waals surface area contributed by atoms with Gasteiger partial charge in [0.25, 0.3) is 0 Å². The summed E-state index contributed by atoms with van der Waals surface area (Å²) < 4.78 is 6.95. The van der Waals surface area contributed by atoms with Crippen LogP contribution < -0.4 is 9.47 Å². The minimum absolute atomic E-state index is 0.0218. The minimum atomic E-state index is -0.643. The van der Waals surface area contributed by atoms with Gasteiger partial charge in [-0.05, 0) is 19.3 Å². The number of Topliss-reactive ketones (excluding diaryl/α,β-unsaturated/α-hetero) is 2. The number of fused-ring (bicyclic) bond motifs is 1. The first-order valence-corrected chi connectivity index (χ1v) is 8.96. The number of rotatable bonds is 5. The molecule has 2 aliphatic rings. The number of hydrogen-bond donors (Lipinski definition) is 0. The summed E-state index contributed by atoms with van der Waals surface area (Å²) in [6.07, 6.45) is 5.31. The molecule has 27 heavy (non-hydrogen) atoms. The summed E-state index contributed by atoms with van der Waals surface area (Å²) in [7, 11) is 5.45. The summed E-state index contributed by atoms with van der Waals surface area (Å²) in [5.74, 6) is -2.09. The van der Waals surface area contributed by atoms with Crippen molar-refractivity contribution in [2.24, 2.45) is 17.0 Å². The molecule has 1 heterocycles. The van der Waals surface area contributed by atoms with E-state index in [0.717, 1.165) is 12.1 Å². The van der Waals surface area contributed by atoms with E-state index in [1.807, 2.05) is 31.1 Å². The van der Waals surface area contributed by atoms with E-state index in [0.29, 0.717) is 12.8 Å². The molecule has 2 fully saturated rings. The van der Waals surface area contributed by atoms with Crippen LogP contribution in [0.3, 0.4) is 0 Å². The maximum Gasteiger partial charge on any atom is 0.399 e. The van der Waals surface area contributed by atoms with Crippen molar-refractivity contribution >= 4 is 28.9 Å². The lowest BCUT2D eigenvalue weighted by atomic mass is 9.79. The molecule has 0 spiro atoms. The third-order valence-electron chi connectivity index (χ3n) is 5.22. The molecule has 0 amide bonds. The first kappa shape index (κ1) is 19.2. The molecule has 0 aliphatic heterocycles. The van der Waals surface area contributed by atoms with Crippen LogP contribution in [0.1, 0.15) is 19.3 Å². The van der Waals surface area contributed by atoms with Gasteiger partial charge in [-0.1, -0.05) is 5.16 Å². The molecule has 2 saturated carbocycles. The Labute approximate surface area is 157 Å². The number of nitrogens with zero attached hydrogens (tertiary/aromatic N) is 3. The highest BCUT2D eigenvalue weighted by Crippen LogP contribution is 2.38. The van der Waals surface area contributed by atoms with E-state index in [1.54, 1.807) is 24.1 Å². The molecule has 3 unspecified atom stereocenters. The van der Waals surface area contributed by atoms with Crippen LogP contribution in [0.5, 0.6) is 0 Å². The molecule has 144 valence electrons. The molecule has 2 aliphatic carbocycles. The molecule has 0 aromatic carbocycles. The van der Waals surface area contributed by atoms with Crippen LogP contribution >= 0.6 is 0 Å². The Hall–Kier alpha value is -2.61. The lowest BCUT2D eigenvalue weighted by Gasteiger charge is -2.28. The maximum atomic E-state index is 12.5. The molecule has 1 aromatic rings. The van der Waals surface area contributed by atoms with E-state index in [4.69, 9.17) is 9.57 Å². The average Bonchev–Trinajstić information content (AvgIpc) is 2.90. The minimum Gasteiger partial charge on any atom is -0.381 e. The highest BCUT2D eigenvalue weighted by atomic mass is 16.7. The van der Waals surface area contributed by atoms with Crippen molar-refractivity contribution in [1.29, 1.82) is 0 Å². The summed E-state index contributed by atoms with van der Waals surface area (Å²) in [5, 5.41) is 3.61. The number of ketones is 2. The normalized spacial score (nSPS) is 26.2. The Morgan fingerprint density at radius 2 is 1.85 bits per heavy atom. The lowest BCUT2D eigenvalue weighted by molar-refractivity contribution is -0.685. The zero-order valence-corrected chi connectivity index (χ0v) is 15.8. The molecule has 0 bridgehead atoms. The topological polar surface area (TPSA) is 89.2 Å². The number of methoxy groups -OCH3 is 1. The van der Waals surface area contributed by atoms with Gasteiger partial charge in [0, 0.05) is 50.9 Å². The lowest BCUT2D eigenvalue weighted by Crippen LogP contribution is -2.37. The van der Waals surface area contributed by atoms with Gasteiger partial charge in [0.15, 0.2) is 29.7 Å². The van der Waals surface area contributed by atoms with Crippen molar-refractivity contribution in [2.45, 2.75) is 31.9 Å². The Bertz CT molecular complexity index is 772. The van der Waals surface area contributed by atoms with Gasteiger partial charge in [-0.25, -0.2) is 4.79 Å². The fourth-order valence-electron chi connectivity index (χ4n) is 3.64. The van der Waals surface area contributed by atoms with Gasteiger partial charge in [-0.15, -0.1) is 0 Å². The van der Waals surface area contributed by atoms with Crippen molar-refractivity contribution in [3.8, 4) is 0 Å². The number of carbonyl (C=O) groups excluding carboxylic acids is 3. The van der Waals surface area contributed by atoms with E-state index < -0.39 is 11.9 Å². The molecule has 3 atom stereocenters. The molecule has 1 aromatic heterocycles. The number of oxime groups is 1. The predicted octanol–water partition coefficient (Wildman–Crippen LogP) is 0.522. The standard InChI is InChI=1S/C19H24N3O5/c1-21(2)12-6-8-22(9-7-12)11-16(23)27-20-17-18(24)14-5-4-13(26-3)10-15(14)19(17)25/h6-9,13-15H,4-5,10-11H2,1-3H3/q+1. The second-order valence-electron chi connectivity index (χ2n) is 7.14. The van der Waals surface area contributed by atoms with Crippen LogP contribution in [0, 0.1) is 11.8 Å². The number of hydrogen-bond acceptors (Lipinski definition) is 7. The van der Waals surface area contributed by atoms with E-state index in [9.17, 15) is 14.4 Å². The fraction of sp³-hybridized carbons (Fsp3) is 0.526. The predicted molar refractivity (Wildman–Crippen MR) is 96.1 cm³/mol. The number of pyridine rings is 1. The van der Waals surface area contributed by atoms with Gasteiger partial charge in [0.1, 0.15) is 0 Å². The number of anilines is 1. The molecular formula is C19H24N3O5+. The second-order valence-corrected chi connectivity index (χ2v) is 7.14. The zero-order valence-electron chi connectivity index (χ0n) is 15.8. The van der Waals surface area contributed by atoms with Crippen molar-refractivity contribution in [3.05, 3.63) is 24.5 Å². The molecule has 3 rings (SSSR count). The van der Waals surface area contributed by atoms with Gasteiger partial charge in [-0.2, -0.15) is 4.57 Å². The number of aromatic nitrogens is 1. The van der Waals surface area contributed by atoms with E-state index in [1.165, 1.54) is 0 Å². The second kappa shape index (κ2) is 7.96. The van der Waals surface area contributed by atoms with E-state index in [-0.39, 0.29) is 35.8 Å². The van der Waals surface area contributed by atoms with Crippen molar-refractivity contribution < 1.29 is 28.5 Å². The summed E-state index contributed by atoms with van der Waals surface area (Å²) in [5.41, 5.74) is 0.752. The number of carbonyl (C=O) groups is 3. The van der Waals surface area contributed by atoms with Crippen LogP contribution in [0.4, 0.5) is 5.69 Å². The van der Waals surface area contributed by atoms with Crippen molar-refractivity contribution in [2.75, 3.05) is 26.1 Å². The van der Waals surface area contributed by atoms with Crippen molar-refractivity contribution in [3.63, 3.8) is 0 Å². The molecular weight excluding hydrogens is 350 g/mol.